The topological polar surface area (TPSA) is 97.6 Å². The van der Waals surface area contributed by atoms with E-state index in [-0.39, 0.29) is 5.69 Å². The average Bonchev–Trinajstić information content (AvgIpc) is 2.81. The van der Waals surface area contributed by atoms with Crippen LogP contribution in [0, 0.1) is 24.0 Å². The Morgan fingerprint density at radius 1 is 1.35 bits per heavy atom. The first-order chi connectivity index (χ1) is 10.9. The number of nitrogens with one attached hydrogen (secondary N) is 1. The second kappa shape index (κ2) is 6.87. The van der Waals surface area contributed by atoms with E-state index < -0.39 is 10.9 Å². The Morgan fingerprint density at radius 3 is 2.57 bits per heavy atom. The van der Waals surface area contributed by atoms with Crippen LogP contribution in [0.4, 0.5) is 11.4 Å². The molecule has 0 amide bonds. The molecule has 0 spiro atoms. The maximum atomic E-state index is 11.8. The molecule has 0 unspecified atom stereocenters. The van der Waals surface area contributed by atoms with Gasteiger partial charge in [0.1, 0.15) is 5.69 Å². The standard InChI is InChI=1S/C16H17N3O4/c1-4-23-16(20)15-10(2)14(11(3)18-15)9-17-12-5-7-13(8-6-12)19(21)22/h5-9,18H,4H2,1-3H3. The number of esters is 1. The molecule has 0 aliphatic rings. The molecule has 0 saturated carbocycles. The van der Waals surface area contributed by atoms with Crippen LogP contribution in [-0.2, 0) is 4.74 Å². The quantitative estimate of drug-likeness (QED) is 0.395. The number of ether oxygens (including phenoxy) is 1. The van der Waals surface area contributed by atoms with Gasteiger partial charge in [0.05, 0.1) is 17.2 Å². The lowest BCUT2D eigenvalue weighted by Crippen LogP contribution is -2.06. The summed E-state index contributed by atoms with van der Waals surface area (Å²) in [7, 11) is 0. The molecule has 0 radical (unpaired) electrons. The molecule has 0 fully saturated rings. The number of non-ortho nitro benzene ring substituents is 1. The minimum Gasteiger partial charge on any atom is -0.461 e. The summed E-state index contributed by atoms with van der Waals surface area (Å²) in [5.74, 6) is -0.400. The Morgan fingerprint density at radius 2 is 2.00 bits per heavy atom. The van der Waals surface area contributed by atoms with Gasteiger partial charge in [0.15, 0.2) is 0 Å². The first kappa shape index (κ1) is 16.4. The summed E-state index contributed by atoms with van der Waals surface area (Å²) < 4.78 is 5.00. The zero-order valence-corrected chi connectivity index (χ0v) is 13.1. The molecule has 0 bridgehead atoms. The Labute approximate surface area is 133 Å². The van der Waals surface area contributed by atoms with E-state index in [1.807, 2.05) is 13.8 Å². The van der Waals surface area contributed by atoms with Crippen molar-refractivity contribution in [2.24, 2.45) is 4.99 Å². The largest absolute Gasteiger partial charge is 0.461 e. The van der Waals surface area contributed by atoms with E-state index in [0.717, 1.165) is 16.8 Å². The number of nitro benzene ring substituents is 1. The monoisotopic (exact) mass is 315 g/mol. The smallest absolute Gasteiger partial charge is 0.355 e. The molecule has 0 saturated heterocycles. The van der Waals surface area contributed by atoms with Gasteiger partial charge in [-0.1, -0.05) is 0 Å². The number of nitro groups is 1. The molecule has 7 nitrogen and oxygen atoms in total. The summed E-state index contributed by atoms with van der Waals surface area (Å²) in [5.41, 5.74) is 3.37. The van der Waals surface area contributed by atoms with Crippen molar-refractivity contribution in [2.75, 3.05) is 6.61 Å². The van der Waals surface area contributed by atoms with E-state index in [4.69, 9.17) is 4.74 Å². The number of rotatable bonds is 5. The molecule has 7 heteroatoms. The maximum Gasteiger partial charge on any atom is 0.355 e. The third-order valence-corrected chi connectivity index (χ3v) is 3.38. The molecule has 0 aliphatic carbocycles. The number of hydrogen-bond donors (Lipinski definition) is 1. The molecule has 120 valence electrons. The Bertz CT molecular complexity index is 760. The van der Waals surface area contributed by atoms with Crippen LogP contribution >= 0.6 is 0 Å². The number of H-pyrrole nitrogens is 1. The van der Waals surface area contributed by atoms with Crippen molar-refractivity contribution in [3.8, 4) is 0 Å². The van der Waals surface area contributed by atoms with Gasteiger partial charge >= 0.3 is 5.97 Å². The Kier molecular flexibility index (Phi) is 4.90. The summed E-state index contributed by atoms with van der Waals surface area (Å²) in [6.45, 7) is 5.71. The van der Waals surface area contributed by atoms with Gasteiger partial charge in [0.25, 0.3) is 5.69 Å². The van der Waals surface area contributed by atoms with Gasteiger partial charge in [-0.05, 0) is 38.5 Å². The highest BCUT2D eigenvalue weighted by molar-refractivity contribution is 5.95. The zero-order chi connectivity index (χ0) is 17.0. The van der Waals surface area contributed by atoms with Crippen LogP contribution in [0.1, 0.15) is 34.2 Å². The van der Waals surface area contributed by atoms with E-state index in [1.165, 1.54) is 12.1 Å². The molecule has 1 heterocycles. The highest BCUT2D eigenvalue weighted by Gasteiger charge is 2.17. The number of aliphatic imine (C=N–C) groups is 1. The fourth-order valence-corrected chi connectivity index (χ4v) is 2.17. The third-order valence-electron chi connectivity index (χ3n) is 3.38. The van der Waals surface area contributed by atoms with Crippen molar-refractivity contribution in [3.05, 3.63) is 56.9 Å². The number of aromatic amines is 1. The van der Waals surface area contributed by atoms with Crippen LogP contribution < -0.4 is 0 Å². The van der Waals surface area contributed by atoms with Gasteiger partial charge in [-0.2, -0.15) is 0 Å². The van der Waals surface area contributed by atoms with Crippen LogP contribution in [0.15, 0.2) is 29.3 Å². The maximum absolute atomic E-state index is 11.8. The minimum absolute atomic E-state index is 0.0163. The third kappa shape index (κ3) is 3.63. The predicted molar refractivity (Wildman–Crippen MR) is 86.6 cm³/mol. The lowest BCUT2D eigenvalue weighted by Gasteiger charge is -2.00. The van der Waals surface area contributed by atoms with Crippen molar-refractivity contribution in [1.29, 1.82) is 0 Å². The fraction of sp³-hybridized carbons (Fsp3) is 0.250. The number of aromatic nitrogens is 1. The summed E-state index contributed by atoms with van der Waals surface area (Å²) in [5, 5.41) is 10.6. The van der Waals surface area contributed by atoms with Crippen LogP contribution in [0.25, 0.3) is 0 Å². The number of carbonyl (C=O) groups excluding carboxylic acids is 1. The fourth-order valence-electron chi connectivity index (χ4n) is 2.17. The molecule has 1 aromatic carbocycles. The Hall–Kier alpha value is -2.96. The van der Waals surface area contributed by atoms with Crippen molar-refractivity contribution in [3.63, 3.8) is 0 Å². The summed E-state index contributed by atoms with van der Waals surface area (Å²) >= 11 is 0. The van der Waals surface area contributed by atoms with E-state index in [9.17, 15) is 14.9 Å². The van der Waals surface area contributed by atoms with Gasteiger partial charge in [-0.25, -0.2) is 4.79 Å². The SMILES string of the molecule is CCOC(=O)c1[nH]c(C)c(C=Nc2ccc([N+](=O)[O-])cc2)c1C. The van der Waals surface area contributed by atoms with Gasteiger partial charge in [-0.3, -0.25) is 15.1 Å². The average molecular weight is 315 g/mol. The van der Waals surface area contributed by atoms with E-state index >= 15 is 0 Å². The number of nitrogens with zero attached hydrogens (tertiary/aromatic N) is 2. The molecule has 2 aromatic rings. The van der Waals surface area contributed by atoms with Crippen LogP contribution in [0.5, 0.6) is 0 Å². The number of hydrogen-bond acceptors (Lipinski definition) is 5. The van der Waals surface area contributed by atoms with Crippen LogP contribution in [-0.4, -0.2) is 28.7 Å². The second-order valence-electron chi connectivity index (χ2n) is 4.92. The van der Waals surface area contributed by atoms with Gasteiger partial charge in [-0.15, -0.1) is 0 Å². The number of benzene rings is 1. The molecular formula is C16H17N3O4. The highest BCUT2D eigenvalue weighted by Crippen LogP contribution is 2.20. The lowest BCUT2D eigenvalue weighted by molar-refractivity contribution is -0.384. The lowest BCUT2D eigenvalue weighted by atomic mass is 10.1. The normalized spacial score (nSPS) is 10.9. The molecule has 1 N–H and O–H groups in total. The van der Waals surface area contributed by atoms with Crippen molar-refractivity contribution < 1.29 is 14.5 Å². The highest BCUT2D eigenvalue weighted by atomic mass is 16.6. The summed E-state index contributed by atoms with van der Waals surface area (Å²) in [6, 6.07) is 5.93. The molecule has 1 aromatic heterocycles. The van der Waals surface area contributed by atoms with E-state index in [0.29, 0.717) is 18.0 Å². The first-order valence-electron chi connectivity index (χ1n) is 7.08. The molecule has 23 heavy (non-hydrogen) atoms. The van der Waals surface area contributed by atoms with Gasteiger partial charge in [0.2, 0.25) is 0 Å². The van der Waals surface area contributed by atoms with E-state index in [2.05, 4.69) is 9.98 Å². The van der Waals surface area contributed by atoms with Gasteiger partial charge < -0.3 is 9.72 Å². The summed E-state index contributed by atoms with van der Waals surface area (Å²) in [6.07, 6.45) is 1.63. The molecule has 0 atom stereocenters. The van der Waals surface area contributed by atoms with Gasteiger partial charge in [0, 0.05) is 29.6 Å². The molecule has 0 aliphatic heterocycles. The summed E-state index contributed by atoms with van der Waals surface area (Å²) in [4.78, 5) is 29.3. The van der Waals surface area contributed by atoms with Crippen molar-refractivity contribution >= 4 is 23.6 Å². The Balaban J connectivity index is 2.25. The van der Waals surface area contributed by atoms with Crippen LogP contribution in [0.3, 0.4) is 0 Å². The first-order valence-corrected chi connectivity index (χ1v) is 7.08. The van der Waals surface area contributed by atoms with Crippen molar-refractivity contribution in [1.82, 2.24) is 4.98 Å². The zero-order valence-electron chi connectivity index (χ0n) is 13.1. The van der Waals surface area contributed by atoms with Crippen molar-refractivity contribution in [2.45, 2.75) is 20.8 Å². The van der Waals surface area contributed by atoms with Crippen LogP contribution in [0.2, 0.25) is 0 Å². The predicted octanol–water partition coefficient (Wildman–Crippen LogP) is 3.47. The second-order valence-corrected chi connectivity index (χ2v) is 4.92. The molecular weight excluding hydrogens is 298 g/mol. The van der Waals surface area contributed by atoms with E-state index in [1.54, 1.807) is 25.3 Å². The number of carbonyl (C=O) groups is 1. The minimum atomic E-state index is -0.459. The molecule has 2 rings (SSSR count). The number of aryl methyl sites for hydroxylation is 1.